The lowest BCUT2D eigenvalue weighted by atomic mass is 9.77. The van der Waals surface area contributed by atoms with Gasteiger partial charge in [0.25, 0.3) is 0 Å². The Labute approximate surface area is 174 Å². The lowest BCUT2D eigenvalue weighted by Gasteiger charge is -2.39. The zero-order valence-electron chi connectivity index (χ0n) is 15.7. The SMILES string of the molecule is C[C@H]1CC2(CCN(c3ncc(-c4cccc(Cl)c4Cl)c4[nH]cnc34)CC2)CO1. The fourth-order valence-corrected chi connectivity index (χ4v) is 5.06. The van der Waals surface area contributed by atoms with E-state index in [-0.39, 0.29) is 0 Å². The van der Waals surface area contributed by atoms with Crippen molar-refractivity contribution in [1.29, 1.82) is 0 Å². The number of halogens is 2. The third kappa shape index (κ3) is 2.97. The van der Waals surface area contributed by atoms with E-state index >= 15 is 0 Å². The number of aromatic amines is 1. The van der Waals surface area contributed by atoms with Crippen LogP contribution in [0.25, 0.3) is 22.2 Å². The molecule has 1 atom stereocenters. The van der Waals surface area contributed by atoms with E-state index in [1.807, 2.05) is 18.3 Å². The van der Waals surface area contributed by atoms with E-state index in [9.17, 15) is 0 Å². The molecule has 2 aromatic heterocycles. The number of anilines is 1. The highest BCUT2D eigenvalue weighted by Gasteiger charge is 2.41. The number of nitrogens with one attached hydrogen (secondary N) is 1. The second kappa shape index (κ2) is 6.90. The van der Waals surface area contributed by atoms with E-state index < -0.39 is 0 Å². The number of pyridine rings is 1. The first-order valence-corrected chi connectivity index (χ1v) is 10.4. The molecule has 3 aromatic rings. The second-order valence-corrected chi connectivity index (χ2v) is 8.82. The highest BCUT2D eigenvalue weighted by atomic mass is 35.5. The lowest BCUT2D eigenvalue weighted by Crippen LogP contribution is -2.41. The molecule has 2 aliphatic heterocycles. The molecule has 0 aliphatic carbocycles. The molecule has 2 saturated heterocycles. The fourth-order valence-electron chi connectivity index (χ4n) is 4.66. The zero-order chi connectivity index (χ0) is 19.3. The van der Waals surface area contributed by atoms with Crippen molar-refractivity contribution < 1.29 is 4.74 Å². The molecule has 0 unspecified atom stereocenters. The minimum absolute atomic E-state index is 0.342. The number of nitrogens with zero attached hydrogens (tertiary/aromatic N) is 3. The van der Waals surface area contributed by atoms with Gasteiger partial charge < -0.3 is 14.6 Å². The van der Waals surface area contributed by atoms with Crippen molar-refractivity contribution in [3.8, 4) is 11.1 Å². The minimum Gasteiger partial charge on any atom is -0.378 e. The summed E-state index contributed by atoms with van der Waals surface area (Å²) in [6.07, 6.45) is 7.40. The van der Waals surface area contributed by atoms with Crippen molar-refractivity contribution in [2.45, 2.75) is 32.3 Å². The number of fused-ring (bicyclic) bond motifs is 1. The summed E-state index contributed by atoms with van der Waals surface area (Å²) in [6.45, 7) is 5.01. The van der Waals surface area contributed by atoms with Crippen LogP contribution in [0.2, 0.25) is 10.0 Å². The number of hydrogen-bond donors (Lipinski definition) is 1. The quantitative estimate of drug-likeness (QED) is 0.613. The number of benzene rings is 1. The number of rotatable bonds is 2. The number of imidazole rings is 1. The van der Waals surface area contributed by atoms with Gasteiger partial charge in [0.1, 0.15) is 5.52 Å². The van der Waals surface area contributed by atoms with Crippen molar-refractivity contribution >= 4 is 40.1 Å². The molecular weight excluding hydrogens is 395 g/mol. The van der Waals surface area contributed by atoms with E-state index in [1.165, 1.54) is 0 Å². The second-order valence-electron chi connectivity index (χ2n) is 8.04. The summed E-state index contributed by atoms with van der Waals surface area (Å²) >= 11 is 12.7. The number of piperidine rings is 1. The smallest absolute Gasteiger partial charge is 0.156 e. The highest BCUT2D eigenvalue weighted by Crippen LogP contribution is 2.43. The van der Waals surface area contributed by atoms with Crippen LogP contribution >= 0.6 is 23.2 Å². The van der Waals surface area contributed by atoms with Gasteiger partial charge in [-0.3, -0.25) is 0 Å². The maximum Gasteiger partial charge on any atom is 0.156 e. The lowest BCUT2D eigenvalue weighted by molar-refractivity contribution is 0.0976. The maximum absolute atomic E-state index is 6.45. The average molecular weight is 417 g/mol. The molecule has 0 saturated carbocycles. The van der Waals surface area contributed by atoms with Gasteiger partial charge in [0.05, 0.1) is 34.6 Å². The first-order valence-electron chi connectivity index (χ1n) is 9.69. The maximum atomic E-state index is 6.45. The summed E-state index contributed by atoms with van der Waals surface area (Å²) in [5.41, 5.74) is 3.93. The van der Waals surface area contributed by atoms with Gasteiger partial charge in [-0.1, -0.05) is 35.3 Å². The Morgan fingerprint density at radius 1 is 1.18 bits per heavy atom. The summed E-state index contributed by atoms with van der Waals surface area (Å²) in [5, 5.41) is 1.06. The third-order valence-electron chi connectivity index (χ3n) is 6.20. The van der Waals surface area contributed by atoms with E-state index in [2.05, 4.69) is 21.8 Å². The number of H-pyrrole nitrogens is 1. The summed E-state index contributed by atoms with van der Waals surface area (Å²) in [5.74, 6) is 0.931. The van der Waals surface area contributed by atoms with Crippen LogP contribution in [-0.2, 0) is 4.74 Å². The molecular formula is C21H22Cl2N4O. The molecule has 0 amide bonds. The van der Waals surface area contributed by atoms with Crippen molar-refractivity contribution in [1.82, 2.24) is 15.0 Å². The molecule has 0 radical (unpaired) electrons. The van der Waals surface area contributed by atoms with Crippen LogP contribution in [0.1, 0.15) is 26.2 Å². The Morgan fingerprint density at radius 3 is 2.75 bits per heavy atom. The van der Waals surface area contributed by atoms with Crippen LogP contribution < -0.4 is 4.90 Å². The summed E-state index contributed by atoms with van der Waals surface area (Å²) in [4.78, 5) is 15.0. The van der Waals surface area contributed by atoms with Gasteiger partial charge in [-0.25, -0.2) is 9.97 Å². The molecule has 146 valence electrons. The van der Waals surface area contributed by atoms with Gasteiger partial charge in [0.2, 0.25) is 0 Å². The topological polar surface area (TPSA) is 54.0 Å². The Morgan fingerprint density at radius 2 is 2.00 bits per heavy atom. The van der Waals surface area contributed by atoms with Gasteiger partial charge >= 0.3 is 0 Å². The van der Waals surface area contributed by atoms with Crippen molar-refractivity contribution in [2.24, 2.45) is 5.41 Å². The predicted molar refractivity (Wildman–Crippen MR) is 113 cm³/mol. The van der Waals surface area contributed by atoms with Gasteiger partial charge in [-0.2, -0.15) is 0 Å². The molecule has 2 aliphatic rings. The van der Waals surface area contributed by atoms with Gasteiger partial charge in [-0.15, -0.1) is 0 Å². The first kappa shape index (κ1) is 18.2. The van der Waals surface area contributed by atoms with Gasteiger partial charge in [0.15, 0.2) is 5.82 Å². The third-order valence-corrected chi connectivity index (χ3v) is 7.02. The first-order chi connectivity index (χ1) is 13.6. The highest BCUT2D eigenvalue weighted by molar-refractivity contribution is 6.43. The molecule has 4 heterocycles. The van der Waals surface area contributed by atoms with Crippen molar-refractivity contribution in [3.63, 3.8) is 0 Å². The van der Waals surface area contributed by atoms with E-state index in [1.54, 1.807) is 12.4 Å². The Balaban J connectivity index is 1.48. The van der Waals surface area contributed by atoms with Gasteiger partial charge in [0, 0.05) is 30.4 Å². The molecule has 0 bridgehead atoms. The Kier molecular flexibility index (Phi) is 4.49. The minimum atomic E-state index is 0.342. The van der Waals surface area contributed by atoms with Crippen LogP contribution in [0.5, 0.6) is 0 Å². The standard InChI is InChI=1S/C21H22Cl2N4O/c1-13-9-21(11-28-13)5-7-27(8-6-21)20-19-18(25-12-26-19)15(10-24-20)14-3-2-4-16(22)17(14)23/h2-4,10,12-13H,5-9,11H2,1H3,(H,25,26)/t13-/m0/s1. The van der Waals surface area contributed by atoms with Crippen LogP contribution in [0.4, 0.5) is 5.82 Å². The largest absolute Gasteiger partial charge is 0.378 e. The molecule has 1 spiro atoms. The van der Waals surface area contributed by atoms with Gasteiger partial charge in [-0.05, 0) is 37.7 Å². The summed E-state index contributed by atoms with van der Waals surface area (Å²) < 4.78 is 5.86. The Hall–Kier alpha value is -1.82. The Bertz CT molecular complexity index is 1030. The zero-order valence-corrected chi connectivity index (χ0v) is 17.2. The van der Waals surface area contributed by atoms with Crippen LogP contribution in [-0.4, -0.2) is 40.8 Å². The van der Waals surface area contributed by atoms with Crippen LogP contribution in [0.3, 0.4) is 0 Å². The predicted octanol–water partition coefficient (Wildman–Crippen LogP) is 5.33. The summed E-state index contributed by atoms with van der Waals surface area (Å²) in [6, 6.07) is 5.64. The summed E-state index contributed by atoms with van der Waals surface area (Å²) in [7, 11) is 0. The number of aromatic nitrogens is 3. The molecule has 2 fully saturated rings. The van der Waals surface area contributed by atoms with E-state index in [0.29, 0.717) is 21.6 Å². The molecule has 7 heteroatoms. The van der Waals surface area contributed by atoms with E-state index in [0.717, 1.165) is 66.9 Å². The average Bonchev–Trinajstić information content (AvgIpc) is 3.32. The number of ether oxygens (including phenoxy) is 1. The monoisotopic (exact) mass is 416 g/mol. The number of hydrogen-bond acceptors (Lipinski definition) is 4. The molecule has 1 aromatic carbocycles. The van der Waals surface area contributed by atoms with Crippen molar-refractivity contribution in [2.75, 3.05) is 24.6 Å². The van der Waals surface area contributed by atoms with Crippen molar-refractivity contribution in [3.05, 3.63) is 40.8 Å². The van der Waals surface area contributed by atoms with Crippen LogP contribution in [0, 0.1) is 5.41 Å². The molecule has 5 nitrogen and oxygen atoms in total. The van der Waals surface area contributed by atoms with E-state index in [4.69, 9.17) is 32.9 Å². The molecule has 28 heavy (non-hydrogen) atoms. The fraction of sp³-hybridized carbons (Fsp3) is 0.429. The molecule has 5 rings (SSSR count). The van der Waals surface area contributed by atoms with Crippen LogP contribution in [0.15, 0.2) is 30.7 Å². The molecule has 1 N–H and O–H groups in total. The normalized spacial score (nSPS) is 21.7.